The zero-order chi connectivity index (χ0) is 18.4. The van der Waals surface area contributed by atoms with Crippen LogP contribution < -0.4 is 10.6 Å². The van der Waals surface area contributed by atoms with Crippen molar-refractivity contribution in [1.29, 1.82) is 5.26 Å². The molecule has 1 saturated carbocycles. The first-order valence-electron chi connectivity index (χ1n) is 9.21. The van der Waals surface area contributed by atoms with E-state index in [-0.39, 0.29) is 11.9 Å². The van der Waals surface area contributed by atoms with Gasteiger partial charge >= 0.3 is 0 Å². The number of rotatable bonds is 6. The smallest absolute Gasteiger partial charge is 0.238 e. The van der Waals surface area contributed by atoms with Gasteiger partial charge in [-0.05, 0) is 37.5 Å². The Labute approximate surface area is 154 Å². The van der Waals surface area contributed by atoms with E-state index in [0.717, 1.165) is 43.4 Å². The van der Waals surface area contributed by atoms with Crippen molar-refractivity contribution in [2.45, 2.75) is 56.7 Å². The van der Waals surface area contributed by atoms with Gasteiger partial charge in [-0.2, -0.15) is 5.26 Å². The van der Waals surface area contributed by atoms with E-state index >= 15 is 0 Å². The second-order valence-electron chi connectivity index (χ2n) is 6.99. The molecule has 2 atom stereocenters. The average molecular weight is 351 g/mol. The third-order valence-corrected chi connectivity index (χ3v) is 5.05. The number of hydrogen-bond acceptors (Lipinski definition) is 4. The van der Waals surface area contributed by atoms with Gasteiger partial charge < -0.3 is 9.73 Å². The van der Waals surface area contributed by atoms with Crippen LogP contribution in [-0.4, -0.2) is 17.5 Å². The number of nitrogens with zero attached hydrogens (tertiary/aromatic N) is 1. The molecule has 5 heteroatoms. The molecule has 1 amide bonds. The van der Waals surface area contributed by atoms with Crippen LogP contribution in [0.25, 0.3) is 0 Å². The van der Waals surface area contributed by atoms with Gasteiger partial charge in [0.2, 0.25) is 5.91 Å². The molecule has 0 aliphatic heterocycles. The Morgan fingerprint density at radius 1 is 1.15 bits per heavy atom. The summed E-state index contributed by atoms with van der Waals surface area (Å²) in [6.45, 7) is 1.82. The number of carbonyl (C=O) groups is 1. The summed E-state index contributed by atoms with van der Waals surface area (Å²) in [7, 11) is 0. The lowest BCUT2D eigenvalue weighted by Gasteiger charge is -2.33. The van der Waals surface area contributed by atoms with Crippen LogP contribution in [-0.2, 0) is 4.79 Å². The minimum absolute atomic E-state index is 0.152. The van der Waals surface area contributed by atoms with E-state index < -0.39 is 11.6 Å². The molecule has 0 bridgehead atoms. The third-order valence-electron chi connectivity index (χ3n) is 5.05. The summed E-state index contributed by atoms with van der Waals surface area (Å²) in [5.74, 6) is 0.601. The summed E-state index contributed by atoms with van der Waals surface area (Å²) in [6, 6.07) is 15.3. The molecule has 1 aromatic carbocycles. The minimum Gasteiger partial charge on any atom is -0.467 e. The fourth-order valence-corrected chi connectivity index (χ4v) is 3.53. The first-order chi connectivity index (χ1) is 12.6. The zero-order valence-corrected chi connectivity index (χ0v) is 15.1. The Morgan fingerprint density at radius 3 is 2.50 bits per heavy atom. The molecule has 1 aliphatic carbocycles. The van der Waals surface area contributed by atoms with Crippen molar-refractivity contribution in [3.05, 3.63) is 60.1 Å². The molecule has 2 aromatic rings. The zero-order valence-electron chi connectivity index (χ0n) is 15.1. The maximum Gasteiger partial charge on any atom is 0.238 e. The summed E-state index contributed by atoms with van der Waals surface area (Å²) in [5.41, 5.74) is 0.299. The first kappa shape index (κ1) is 18.2. The van der Waals surface area contributed by atoms with Crippen LogP contribution in [0.15, 0.2) is 53.1 Å². The van der Waals surface area contributed by atoms with Crippen molar-refractivity contribution < 1.29 is 9.21 Å². The number of nitriles is 1. The normalized spacial score (nSPS) is 18.5. The van der Waals surface area contributed by atoms with Gasteiger partial charge in [-0.3, -0.25) is 10.1 Å². The summed E-state index contributed by atoms with van der Waals surface area (Å²) in [4.78, 5) is 12.8. The topological polar surface area (TPSA) is 78.1 Å². The number of amides is 1. The van der Waals surface area contributed by atoms with Gasteiger partial charge in [0.05, 0.1) is 24.4 Å². The van der Waals surface area contributed by atoms with Crippen molar-refractivity contribution in [3.8, 4) is 6.07 Å². The third kappa shape index (κ3) is 4.14. The quantitative estimate of drug-likeness (QED) is 0.832. The van der Waals surface area contributed by atoms with E-state index in [1.54, 1.807) is 6.26 Å². The van der Waals surface area contributed by atoms with Crippen LogP contribution in [0.4, 0.5) is 0 Å². The highest BCUT2D eigenvalue weighted by atomic mass is 16.3. The maximum atomic E-state index is 12.8. The minimum atomic E-state index is -0.724. The summed E-state index contributed by atoms with van der Waals surface area (Å²) >= 11 is 0. The Hall–Kier alpha value is -2.58. The van der Waals surface area contributed by atoms with Gasteiger partial charge in [-0.1, -0.05) is 49.6 Å². The number of carbonyl (C=O) groups excluding carboxylic acids is 1. The van der Waals surface area contributed by atoms with Gasteiger partial charge in [-0.25, -0.2) is 0 Å². The van der Waals surface area contributed by atoms with Crippen molar-refractivity contribution in [2.75, 3.05) is 0 Å². The number of furan rings is 1. The summed E-state index contributed by atoms with van der Waals surface area (Å²) < 4.78 is 5.58. The van der Waals surface area contributed by atoms with Crippen molar-refractivity contribution in [3.63, 3.8) is 0 Å². The van der Waals surface area contributed by atoms with Gasteiger partial charge in [0.25, 0.3) is 0 Å². The van der Waals surface area contributed by atoms with E-state index in [4.69, 9.17) is 4.42 Å². The van der Waals surface area contributed by atoms with Crippen LogP contribution in [0.2, 0.25) is 0 Å². The fourth-order valence-electron chi connectivity index (χ4n) is 3.53. The molecule has 5 nitrogen and oxygen atoms in total. The lowest BCUT2D eigenvalue weighted by molar-refractivity contribution is -0.124. The Morgan fingerprint density at radius 2 is 1.88 bits per heavy atom. The molecule has 0 radical (unpaired) electrons. The predicted molar refractivity (Wildman–Crippen MR) is 99.2 cm³/mol. The van der Waals surface area contributed by atoms with Crippen LogP contribution in [0.1, 0.15) is 56.4 Å². The number of hydrogen-bond donors (Lipinski definition) is 2. The molecule has 0 spiro atoms. The molecule has 136 valence electrons. The molecule has 1 aliphatic rings. The molecule has 1 fully saturated rings. The van der Waals surface area contributed by atoms with E-state index in [2.05, 4.69) is 16.7 Å². The van der Waals surface area contributed by atoms with E-state index in [1.165, 1.54) is 0 Å². The average Bonchev–Trinajstić information content (AvgIpc) is 3.21. The molecule has 2 N–H and O–H groups in total. The Kier molecular flexibility index (Phi) is 5.75. The van der Waals surface area contributed by atoms with Crippen LogP contribution >= 0.6 is 0 Å². The summed E-state index contributed by atoms with van der Waals surface area (Å²) in [6.07, 6.45) is 6.17. The number of benzene rings is 1. The number of nitrogens with one attached hydrogen (secondary N) is 2. The highest BCUT2D eigenvalue weighted by molar-refractivity contribution is 5.82. The molecule has 1 aromatic heterocycles. The fraction of sp³-hybridized carbons (Fsp3) is 0.429. The van der Waals surface area contributed by atoms with Crippen molar-refractivity contribution in [2.24, 2.45) is 0 Å². The van der Waals surface area contributed by atoms with Crippen molar-refractivity contribution >= 4 is 5.91 Å². The highest BCUT2D eigenvalue weighted by Gasteiger charge is 2.35. The van der Waals surface area contributed by atoms with Gasteiger partial charge in [0.15, 0.2) is 0 Å². The molecule has 3 rings (SSSR count). The van der Waals surface area contributed by atoms with Gasteiger partial charge in [-0.15, -0.1) is 0 Å². The van der Waals surface area contributed by atoms with Gasteiger partial charge in [0, 0.05) is 0 Å². The second kappa shape index (κ2) is 8.20. The monoisotopic (exact) mass is 351 g/mol. The predicted octanol–water partition coefficient (Wildman–Crippen LogP) is 3.69. The highest BCUT2D eigenvalue weighted by Crippen LogP contribution is 2.28. The van der Waals surface area contributed by atoms with E-state index in [0.29, 0.717) is 0 Å². The Bertz CT molecular complexity index is 743. The van der Waals surface area contributed by atoms with Gasteiger partial charge in [0.1, 0.15) is 11.3 Å². The lowest BCUT2D eigenvalue weighted by Crippen LogP contribution is -2.54. The molecule has 26 heavy (non-hydrogen) atoms. The molecular weight excluding hydrogens is 326 g/mol. The van der Waals surface area contributed by atoms with E-state index in [1.807, 2.05) is 49.4 Å². The van der Waals surface area contributed by atoms with Crippen LogP contribution in [0, 0.1) is 11.3 Å². The first-order valence-corrected chi connectivity index (χ1v) is 9.21. The van der Waals surface area contributed by atoms with Crippen molar-refractivity contribution in [1.82, 2.24) is 10.6 Å². The standard InChI is InChI=1S/C21H25N3O2/c1-16(20(25)24-21(15-22)12-6-3-7-13-21)23-19(18-11-8-14-26-18)17-9-4-2-5-10-17/h2,4-5,8-11,14,16,19,23H,3,6-7,12-13H2,1H3,(H,24,25)/t16-,19-/m0/s1. The van der Waals surface area contributed by atoms with E-state index in [9.17, 15) is 10.1 Å². The summed E-state index contributed by atoms with van der Waals surface area (Å²) in [5, 5.41) is 15.9. The van der Waals surface area contributed by atoms with Crippen LogP contribution in [0.5, 0.6) is 0 Å². The maximum absolute atomic E-state index is 12.8. The Balaban J connectivity index is 1.72. The molecule has 1 heterocycles. The molecular formula is C21H25N3O2. The van der Waals surface area contributed by atoms with Crippen LogP contribution in [0.3, 0.4) is 0 Å². The SMILES string of the molecule is C[C@H](N[C@@H](c1ccccc1)c1ccco1)C(=O)NC1(C#N)CCCCC1. The lowest BCUT2D eigenvalue weighted by atomic mass is 9.82. The molecule has 0 unspecified atom stereocenters. The largest absolute Gasteiger partial charge is 0.467 e. The molecule has 0 saturated heterocycles. The second-order valence-corrected chi connectivity index (χ2v) is 6.99.